The van der Waals surface area contributed by atoms with Crippen LogP contribution in [-0.4, -0.2) is 43.2 Å². The van der Waals surface area contributed by atoms with Crippen molar-refractivity contribution in [3.05, 3.63) is 36.2 Å². The van der Waals surface area contributed by atoms with Gasteiger partial charge in [0.15, 0.2) is 0 Å². The number of anilines is 1. The Morgan fingerprint density at radius 3 is 2.78 bits per heavy atom. The Labute approximate surface area is 155 Å². The third-order valence-electron chi connectivity index (χ3n) is 5.10. The summed E-state index contributed by atoms with van der Waals surface area (Å²) in [6.07, 6.45) is 5.35. The van der Waals surface area contributed by atoms with Crippen LogP contribution < -0.4 is 5.73 Å². The van der Waals surface area contributed by atoms with Crippen LogP contribution in [0.3, 0.4) is 0 Å². The molecule has 8 nitrogen and oxygen atoms in total. The normalized spacial score (nSPS) is 15.6. The number of rotatable bonds is 2. The number of aryl methyl sites for hydroxylation is 1. The molecular weight excluding hydrogens is 342 g/mol. The molecule has 4 aromatic heterocycles. The number of hydrogen-bond donors (Lipinski definition) is 1. The fourth-order valence-electron chi connectivity index (χ4n) is 3.56. The topological polar surface area (TPSA) is 105 Å². The van der Waals surface area contributed by atoms with Crippen molar-refractivity contribution < 1.29 is 4.74 Å². The lowest BCUT2D eigenvalue weighted by molar-refractivity contribution is 0.0670. The Bertz CT molecular complexity index is 1150. The number of ether oxygens (including phenoxy) is 1. The van der Waals surface area contributed by atoms with E-state index in [9.17, 15) is 0 Å². The number of fused-ring (bicyclic) bond motifs is 3. The van der Waals surface area contributed by atoms with Crippen molar-refractivity contribution >= 4 is 27.9 Å². The first-order chi connectivity index (χ1) is 13.2. The Kier molecular flexibility index (Phi) is 3.71. The Hall–Kier alpha value is -3.13. The molecular formula is C19H19N7O. The van der Waals surface area contributed by atoms with Crippen LogP contribution in [0, 0.1) is 6.92 Å². The minimum atomic E-state index is 0.264. The van der Waals surface area contributed by atoms with E-state index in [0.717, 1.165) is 64.9 Å². The number of hydrogen-bond acceptors (Lipinski definition) is 7. The van der Waals surface area contributed by atoms with E-state index in [1.807, 2.05) is 29.8 Å². The van der Waals surface area contributed by atoms with E-state index in [-0.39, 0.29) is 6.04 Å². The minimum Gasteiger partial charge on any atom is -0.383 e. The molecule has 0 unspecified atom stereocenters. The van der Waals surface area contributed by atoms with Gasteiger partial charge in [0.05, 0.1) is 23.4 Å². The Balaban J connectivity index is 1.71. The molecule has 1 aliphatic rings. The fraction of sp³-hybridized carbons (Fsp3) is 0.316. The molecule has 0 bridgehead atoms. The molecule has 0 spiro atoms. The number of nitrogens with two attached hydrogens (primary N) is 1. The summed E-state index contributed by atoms with van der Waals surface area (Å²) in [5.74, 6) is 0.533. The second-order valence-electron chi connectivity index (χ2n) is 6.86. The standard InChI is InChI=1S/C19H19N7O/c1-11-8-12(9-22-19(11)20)14-2-3-15-17(23-14)18-16(10-21-15)24-25-26(18)13-4-6-27-7-5-13/h2-3,8-10,13H,4-7H2,1H3,(H2,20,22). The molecule has 0 radical (unpaired) electrons. The summed E-state index contributed by atoms with van der Waals surface area (Å²) in [6.45, 7) is 3.42. The smallest absolute Gasteiger partial charge is 0.133 e. The molecule has 1 aliphatic heterocycles. The van der Waals surface area contributed by atoms with Gasteiger partial charge in [-0.05, 0) is 43.5 Å². The van der Waals surface area contributed by atoms with Gasteiger partial charge in [-0.3, -0.25) is 4.98 Å². The highest BCUT2D eigenvalue weighted by molar-refractivity contribution is 5.99. The summed E-state index contributed by atoms with van der Waals surface area (Å²) >= 11 is 0. The van der Waals surface area contributed by atoms with Gasteiger partial charge in [0, 0.05) is 25.0 Å². The zero-order valence-electron chi connectivity index (χ0n) is 15.0. The Morgan fingerprint density at radius 2 is 1.96 bits per heavy atom. The van der Waals surface area contributed by atoms with Gasteiger partial charge in [0.1, 0.15) is 22.4 Å². The predicted molar refractivity (Wildman–Crippen MR) is 102 cm³/mol. The van der Waals surface area contributed by atoms with Gasteiger partial charge in [0.25, 0.3) is 0 Å². The van der Waals surface area contributed by atoms with E-state index in [0.29, 0.717) is 5.82 Å². The largest absolute Gasteiger partial charge is 0.383 e. The first-order valence-electron chi connectivity index (χ1n) is 9.01. The van der Waals surface area contributed by atoms with Crippen LogP contribution >= 0.6 is 0 Å². The molecule has 5 rings (SSSR count). The number of nitrogens with zero attached hydrogens (tertiary/aromatic N) is 6. The number of nitrogen functional groups attached to an aromatic ring is 1. The average molecular weight is 361 g/mol. The summed E-state index contributed by atoms with van der Waals surface area (Å²) in [7, 11) is 0. The van der Waals surface area contributed by atoms with Gasteiger partial charge in [-0.15, -0.1) is 5.10 Å². The molecule has 1 fully saturated rings. The highest BCUT2D eigenvalue weighted by atomic mass is 16.5. The monoisotopic (exact) mass is 361 g/mol. The number of pyridine rings is 3. The summed E-state index contributed by atoms with van der Waals surface area (Å²) < 4.78 is 7.48. The van der Waals surface area contributed by atoms with E-state index in [4.69, 9.17) is 15.5 Å². The third kappa shape index (κ3) is 2.69. The molecule has 27 heavy (non-hydrogen) atoms. The van der Waals surface area contributed by atoms with Crippen molar-refractivity contribution in [1.82, 2.24) is 29.9 Å². The van der Waals surface area contributed by atoms with Crippen molar-refractivity contribution in [2.45, 2.75) is 25.8 Å². The minimum absolute atomic E-state index is 0.264. The van der Waals surface area contributed by atoms with Crippen molar-refractivity contribution in [3.8, 4) is 11.3 Å². The maximum absolute atomic E-state index is 5.85. The first kappa shape index (κ1) is 16.1. The third-order valence-corrected chi connectivity index (χ3v) is 5.10. The molecule has 2 N–H and O–H groups in total. The van der Waals surface area contributed by atoms with Crippen molar-refractivity contribution in [1.29, 1.82) is 0 Å². The zero-order valence-corrected chi connectivity index (χ0v) is 15.0. The zero-order chi connectivity index (χ0) is 18.4. The predicted octanol–water partition coefficient (Wildman–Crippen LogP) is 2.68. The van der Waals surface area contributed by atoms with Gasteiger partial charge in [-0.2, -0.15) is 0 Å². The number of aromatic nitrogens is 6. The lowest BCUT2D eigenvalue weighted by Gasteiger charge is -2.22. The van der Waals surface area contributed by atoms with Crippen molar-refractivity contribution in [2.24, 2.45) is 0 Å². The van der Waals surface area contributed by atoms with E-state index in [2.05, 4.69) is 20.3 Å². The van der Waals surface area contributed by atoms with Gasteiger partial charge in [0.2, 0.25) is 0 Å². The van der Waals surface area contributed by atoms with Crippen LogP contribution in [0.2, 0.25) is 0 Å². The molecule has 1 saturated heterocycles. The summed E-state index contributed by atoms with van der Waals surface area (Å²) in [6, 6.07) is 6.19. The van der Waals surface area contributed by atoms with Crippen LogP contribution in [-0.2, 0) is 4.74 Å². The quantitative estimate of drug-likeness (QED) is 0.585. The maximum atomic E-state index is 5.85. The molecule has 5 heterocycles. The van der Waals surface area contributed by atoms with Gasteiger partial charge in [-0.1, -0.05) is 5.21 Å². The lowest BCUT2D eigenvalue weighted by atomic mass is 10.1. The van der Waals surface area contributed by atoms with Crippen LogP contribution in [0.15, 0.2) is 30.6 Å². The van der Waals surface area contributed by atoms with E-state index in [1.165, 1.54) is 0 Å². The molecule has 0 amide bonds. The van der Waals surface area contributed by atoms with Gasteiger partial charge < -0.3 is 10.5 Å². The SMILES string of the molecule is Cc1cc(-c2ccc3ncc4nnn(C5CCOCC5)c4c3n2)cnc1N. The summed E-state index contributed by atoms with van der Waals surface area (Å²) in [5.41, 5.74) is 11.8. The van der Waals surface area contributed by atoms with E-state index < -0.39 is 0 Å². The maximum Gasteiger partial charge on any atom is 0.133 e. The van der Waals surface area contributed by atoms with E-state index in [1.54, 1.807) is 12.4 Å². The highest BCUT2D eigenvalue weighted by Crippen LogP contribution is 2.29. The summed E-state index contributed by atoms with van der Waals surface area (Å²) in [4.78, 5) is 13.6. The van der Waals surface area contributed by atoms with Crippen molar-refractivity contribution in [2.75, 3.05) is 18.9 Å². The molecule has 0 atom stereocenters. The second-order valence-corrected chi connectivity index (χ2v) is 6.86. The Morgan fingerprint density at radius 1 is 1.11 bits per heavy atom. The lowest BCUT2D eigenvalue weighted by Crippen LogP contribution is -2.20. The molecule has 136 valence electrons. The molecule has 0 saturated carbocycles. The van der Waals surface area contributed by atoms with Gasteiger partial charge >= 0.3 is 0 Å². The fourth-order valence-corrected chi connectivity index (χ4v) is 3.56. The van der Waals surface area contributed by atoms with Crippen LogP contribution in [0.25, 0.3) is 33.3 Å². The first-order valence-corrected chi connectivity index (χ1v) is 9.01. The second kappa shape index (κ2) is 6.24. The van der Waals surface area contributed by atoms with Crippen molar-refractivity contribution in [3.63, 3.8) is 0 Å². The molecule has 4 aromatic rings. The van der Waals surface area contributed by atoms with E-state index >= 15 is 0 Å². The molecule has 8 heteroatoms. The average Bonchev–Trinajstić information content (AvgIpc) is 3.15. The summed E-state index contributed by atoms with van der Waals surface area (Å²) in [5, 5.41) is 8.71. The van der Waals surface area contributed by atoms with Crippen LogP contribution in [0.5, 0.6) is 0 Å². The molecule has 0 aliphatic carbocycles. The molecule has 0 aromatic carbocycles. The van der Waals surface area contributed by atoms with Gasteiger partial charge in [-0.25, -0.2) is 14.6 Å². The van der Waals surface area contributed by atoms with Crippen LogP contribution in [0.1, 0.15) is 24.4 Å². The highest BCUT2D eigenvalue weighted by Gasteiger charge is 2.21. The van der Waals surface area contributed by atoms with Crippen LogP contribution in [0.4, 0.5) is 5.82 Å².